The zero-order valence-corrected chi connectivity index (χ0v) is 9.63. The van der Waals surface area contributed by atoms with Crippen molar-refractivity contribution in [1.29, 1.82) is 0 Å². The summed E-state index contributed by atoms with van der Waals surface area (Å²) in [6, 6.07) is 14.4. The Bertz CT molecular complexity index is 540. The maximum absolute atomic E-state index is 8.55. The number of nitrogens with zero attached hydrogens (tertiary/aromatic N) is 1. The fourth-order valence-corrected chi connectivity index (χ4v) is 1.58. The summed E-state index contributed by atoms with van der Waals surface area (Å²) in [6.45, 7) is 0. The average Bonchev–Trinajstić information content (AvgIpc) is 2.32. The van der Waals surface area contributed by atoms with Crippen molar-refractivity contribution in [1.82, 2.24) is 0 Å². The average molecular weight is 248 g/mol. The fraction of sp³-hybridized carbons (Fsp3) is 0. The van der Waals surface area contributed by atoms with Crippen LogP contribution in [0, 0.1) is 0 Å². The number of benzene rings is 2. The third kappa shape index (κ3) is 2.98. The first-order valence-corrected chi connectivity index (χ1v) is 5.37. The molecule has 0 bridgehead atoms. The number of halogens is 1. The van der Waals surface area contributed by atoms with E-state index in [4.69, 9.17) is 21.5 Å². The van der Waals surface area contributed by atoms with Gasteiger partial charge in [0.05, 0.1) is 6.21 Å². The van der Waals surface area contributed by atoms with Crippen LogP contribution in [0.5, 0.6) is 11.5 Å². The first kappa shape index (κ1) is 11.5. The van der Waals surface area contributed by atoms with Crippen molar-refractivity contribution in [2.75, 3.05) is 0 Å². The Morgan fingerprint density at radius 3 is 2.71 bits per heavy atom. The maximum atomic E-state index is 8.55. The molecule has 0 aliphatic rings. The van der Waals surface area contributed by atoms with Gasteiger partial charge in [-0.1, -0.05) is 35.0 Å². The Morgan fingerprint density at radius 2 is 1.94 bits per heavy atom. The van der Waals surface area contributed by atoms with E-state index in [1.807, 2.05) is 12.1 Å². The van der Waals surface area contributed by atoms with Crippen LogP contribution in [0.4, 0.5) is 0 Å². The van der Waals surface area contributed by atoms with Gasteiger partial charge in [-0.25, -0.2) is 0 Å². The van der Waals surface area contributed by atoms with E-state index in [0.717, 1.165) is 0 Å². The van der Waals surface area contributed by atoms with Crippen LogP contribution in [0.15, 0.2) is 53.7 Å². The van der Waals surface area contributed by atoms with Crippen molar-refractivity contribution in [3.63, 3.8) is 0 Å². The molecule has 0 saturated carbocycles. The third-order valence-corrected chi connectivity index (χ3v) is 2.37. The van der Waals surface area contributed by atoms with Crippen LogP contribution in [-0.2, 0) is 0 Å². The number of oxime groups is 1. The summed E-state index contributed by atoms with van der Waals surface area (Å²) in [6.07, 6.45) is 1.32. The molecule has 3 nitrogen and oxygen atoms in total. The summed E-state index contributed by atoms with van der Waals surface area (Å²) < 4.78 is 5.66. The summed E-state index contributed by atoms with van der Waals surface area (Å²) in [5.74, 6) is 1.24. The van der Waals surface area contributed by atoms with Crippen LogP contribution < -0.4 is 4.74 Å². The lowest BCUT2D eigenvalue weighted by Crippen LogP contribution is -1.90. The third-order valence-electron chi connectivity index (χ3n) is 2.14. The Labute approximate surface area is 104 Å². The van der Waals surface area contributed by atoms with Gasteiger partial charge in [-0.05, 0) is 30.3 Å². The lowest BCUT2D eigenvalue weighted by Gasteiger charge is -2.08. The van der Waals surface area contributed by atoms with Crippen LogP contribution in [0.2, 0.25) is 5.02 Å². The molecule has 0 heterocycles. The van der Waals surface area contributed by atoms with Crippen LogP contribution in [-0.4, -0.2) is 11.4 Å². The van der Waals surface area contributed by atoms with Crippen LogP contribution in [0.3, 0.4) is 0 Å². The van der Waals surface area contributed by atoms with Crippen molar-refractivity contribution in [2.24, 2.45) is 5.16 Å². The van der Waals surface area contributed by atoms with Gasteiger partial charge in [0.2, 0.25) is 0 Å². The lowest BCUT2D eigenvalue weighted by molar-refractivity contribution is 0.321. The second-order valence-corrected chi connectivity index (χ2v) is 3.78. The highest BCUT2D eigenvalue weighted by molar-refractivity contribution is 6.30. The van der Waals surface area contributed by atoms with E-state index in [1.54, 1.807) is 36.4 Å². The molecule has 0 aliphatic heterocycles. The van der Waals surface area contributed by atoms with Crippen molar-refractivity contribution in [3.05, 3.63) is 59.1 Å². The van der Waals surface area contributed by atoms with Crippen molar-refractivity contribution in [2.45, 2.75) is 0 Å². The molecule has 1 N–H and O–H groups in total. The first-order chi connectivity index (χ1) is 8.29. The molecule has 0 fully saturated rings. The Balaban J connectivity index is 2.29. The molecule has 0 aliphatic carbocycles. The van der Waals surface area contributed by atoms with Gasteiger partial charge < -0.3 is 9.94 Å². The molecule has 0 spiro atoms. The van der Waals surface area contributed by atoms with Crippen molar-refractivity contribution in [3.8, 4) is 11.5 Å². The van der Waals surface area contributed by atoms with Gasteiger partial charge in [-0.3, -0.25) is 0 Å². The monoisotopic (exact) mass is 247 g/mol. The molecule has 2 aromatic rings. The number of hydrogen-bond acceptors (Lipinski definition) is 3. The standard InChI is InChI=1S/C13H10ClNO2/c14-11-5-3-6-12(8-11)17-13-7-2-1-4-10(13)9-15-16/h1-9,16H/b15-9-. The predicted octanol–water partition coefficient (Wildman–Crippen LogP) is 3.94. The van der Waals surface area contributed by atoms with E-state index >= 15 is 0 Å². The topological polar surface area (TPSA) is 41.8 Å². The molecule has 86 valence electrons. The highest BCUT2D eigenvalue weighted by atomic mass is 35.5. The zero-order valence-electron chi connectivity index (χ0n) is 8.88. The molecule has 2 rings (SSSR count). The van der Waals surface area contributed by atoms with Gasteiger partial charge >= 0.3 is 0 Å². The molecule has 4 heteroatoms. The molecular weight excluding hydrogens is 238 g/mol. The molecule has 0 amide bonds. The number of rotatable bonds is 3. The van der Waals surface area contributed by atoms with Crippen molar-refractivity contribution < 1.29 is 9.94 Å². The van der Waals surface area contributed by atoms with Gasteiger partial charge in [0, 0.05) is 10.6 Å². The summed E-state index contributed by atoms with van der Waals surface area (Å²) in [5, 5.41) is 12.1. The number of hydrogen-bond donors (Lipinski definition) is 1. The zero-order chi connectivity index (χ0) is 12.1. The van der Waals surface area contributed by atoms with Gasteiger partial charge in [-0.15, -0.1) is 0 Å². The van der Waals surface area contributed by atoms with Gasteiger partial charge in [0.15, 0.2) is 0 Å². The Hall–Kier alpha value is -2.00. The number of ether oxygens (including phenoxy) is 1. The Kier molecular flexibility index (Phi) is 3.62. The molecule has 0 atom stereocenters. The van der Waals surface area contributed by atoms with Crippen molar-refractivity contribution >= 4 is 17.8 Å². The molecular formula is C13H10ClNO2. The lowest BCUT2D eigenvalue weighted by atomic mass is 10.2. The number of para-hydroxylation sites is 1. The molecule has 0 radical (unpaired) electrons. The second-order valence-electron chi connectivity index (χ2n) is 3.34. The van der Waals surface area contributed by atoms with E-state index < -0.39 is 0 Å². The largest absolute Gasteiger partial charge is 0.457 e. The maximum Gasteiger partial charge on any atom is 0.136 e. The SMILES string of the molecule is O/N=C\c1ccccc1Oc1cccc(Cl)c1. The van der Waals surface area contributed by atoms with Crippen LogP contribution in [0.1, 0.15) is 5.56 Å². The summed E-state index contributed by atoms with van der Waals surface area (Å²) in [7, 11) is 0. The normalized spacial score (nSPS) is 10.6. The van der Waals surface area contributed by atoms with Crippen LogP contribution >= 0.6 is 11.6 Å². The summed E-state index contributed by atoms with van der Waals surface area (Å²) >= 11 is 5.87. The van der Waals surface area contributed by atoms with E-state index in [9.17, 15) is 0 Å². The molecule has 0 aromatic heterocycles. The van der Waals surface area contributed by atoms with E-state index in [0.29, 0.717) is 22.1 Å². The minimum Gasteiger partial charge on any atom is -0.457 e. The Morgan fingerprint density at radius 1 is 1.12 bits per heavy atom. The van der Waals surface area contributed by atoms with Gasteiger partial charge in [-0.2, -0.15) is 0 Å². The molecule has 0 unspecified atom stereocenters. The quantitative estimate of drug-likeness (QED) is 0.507. The molecule has 0 saturated heterocycles. The highest BCUT2D eigenvalue weighted by Crippen LogP contribution is 2.26. The molecule has 2 aromatic carbocycles. The summed E-state index contributed by atoms with van der Waals surface area (Å²) in [5.41, 5.74) is 0.690. The predicted molar refractivity (Wildman–Crippen MR) is 67.3 cm³/mol. The minimum atomic E-state index is 0.604. The van der Waals surface area contributed by atoms with Gasteiger partial charge in [0.1, 0.15) is 11.5 Å². The first-order valence-electron chi connectivity index (χ1n) is 4.99. The van der Waals surface area contributed by atoms with Gasteiger partial charge in [0.25, 0.3) is 0 Å². The second kappa shape index (κ2) is 5.37. The van der Waals surface area contributed by atoms with E-state index in [1.165, 1.54) is 6.21 Å². The highest BCUT2D eigenvalue weighted by Gasteiger charge is 2.02. The van der Waals surface area contributed by atoms with E-state index in [-0.39, 0.29) is 0 Å². The van der Waals surface area contributed by atoms with Crippen LogP contribution in [0.25, 0.3) is 0 Å². The fourth-order valence-electron chi connectivity index (χ4n) is 1.40. The molecule has 17 heavy (non-hydrogen) atoms. The van der Waals surface area contributed by atoms with E-state index in [2.05, 4.69) is 5.16 Å². The summed E-state index contributed by atoms with van der Waals surface area (Å²) in [4.78, 5) is 0. The minimum absolute atomic E-state index is 0.604. The smallest absolute Gasteiger partial charge is 0.136 e.